The Hall–Kier alpha value is -3.28. The molecule has 1 amide bonds. The topological polar surface area (TPSA) is 94.6 Å². The van der Waals surface area contributed by atoms with Gasteiger partial charge in [-0.3, -0.25) is 4.79 Å². The number of rotatable bonds is 6. The molecule has 4 rings (SSSR count). The lowest BCUT2D eigenvalue weighted by Crippen LogP contribution is -2.19. The molecule has 0 radical (unpaired) electrons. The summed E-state index contributed by atoms with van der Waals surface area (Å²) in [5.41, 5.74) is 12.2. The molecule has 29 heavy (non-hydrogen) atoms. The molecule has 1 heterocycles. The number of hydrogen-bond acceptors (Lipinski definition) is 3. The van der Waals surface area contributed by atoms with Crippen molar-refractivity contribution >= 4 is 22.8 Å². The standard InChI is InChI=1S/C23H24N2O4/c1-13-6-7-15(14(2)10-13)11-25-17-4-3-5-19(29-12-20(26)27)22(17)21-16(23(24)28)8-9-18(21)25/h3-7,10,16H,8-9,11-12H2,1-2H3,(H2,24,28)(H,26,27). The highest BCUT2D eigenvalue weighted by molar-refractivity contribution is 5.97. The highest BCUT2D eigenvalue weighted by atomic mass is 16.5. The Morgan fingerprint density at radius 1 is 1.24 bits per heavy atom. The Balaban J connectivity index is 1.90. The molecule has 6 heteroatoms. The van der Waals surface area contributed by atoms with Crippen molar-refractivity contribution in [1.29, 1.82) is 0 Å². The molecular weight excluding hydrogens is 368 g/mol. The van der Waals surface area contributed by atoms with Crippen molar-refractivity contribution < 1.29 is 19.4 Å². The molecule has 1 atom stereocenters. The minimum Gasteiger partial charge on any atom is -0.481 e. The summed E-state index contributed by atoms with van der Waals surface area (Å²) in [6, 6.07) is 12.0. The number of carboxylic acids is 1. The molecule has 1 aliphatic carbocycles. The fraction of sp³-hybridized carbons (Fsp3) is 0.304. The van der Waals surface area contributed by atoms with Crippen LogP contribution in [-0.4, -0.2) is 28.2 Å². The first kappa shape index (κ1) is 19.1. The zero-order valence-corrected chi connectivity index (χ0v) is 16.6. The average Bonchev–Trinajstić information content (AvgIpc) is 3.21. The Labute approximate surface area is 168 Å². The number of hydrogen-bond donors (Lipinski definition) is 2. The highest BCUT2D eigenvalue weighted by Gasteiger charge is 2.34. The maximum absolute atomic E-state index is 12.1. The van der Waals surface area contributed by atoms with Gasteiger partial charge in [-0.05, 0) is 55.5 Å². The van der Waals surface area contributed by atoms with Crippen LogP contribution in [0.5, 0.6) is 5.75 Å². The summed E-state index contributed by atoms with van der Waals surface area (Å²) in [5, 5.41) is 9.83. The van der Waals surface area contributed by atoms with E-state index in [1.807, 2.05) is 12.1 Å². The number of carboxylic acid groups (broad SMARTS) is 1. The van der Waals surface area contributed by atoms with Crippen LogP contribution >= 0.6 is 0 Å². The molecule has 2 aromatic carbocycles. The van der Waals surface area contributed by atoms with Crippen molar-refractivity contribution in [3.8, 4) is 5.75 Å². The van der Waals surface area contributed by atoms with Crippen molar-refractivity contribution in [3.63, 3.8) is 0 Å². The van der Waals surface area contributed by atoms with E-state index in [4.69, 9.17) is 15.6 Å². The van der Waals surface area contributed by atoms with Crippen LogP contribution < -0.4 is 10.5 Å². The number of carbonyl (C=O) groups excluding carboxylic acids is 1. The summed E-state index contributed by atoms with van der Waals surface area (Å²) < 4.78 is 7.79. The van der Waals surface area contributed by atoms with Crippen molar-refractivity contribution in [2.24, 2.45) is 5.73 Å². The van der Waals surface area contributed by atoms with Crippen LogP contribution in [0, 0.1) is 13.8 Å². The zero-order valence-electron chi connectivity index (χ0n) is 16.6. The monoisotopic (exact) mass is 392 g/mol. The first-order chi connectivity index (χ1) is 13.9. The Kier molecular flexibility index (Phi) is 4.78. The SMILES string of the molecule is Cc1ccc(Cn2c3c(c4c(OCC(=O)O)cccc42)C(C(N)=O)CC3)c(C)c1. The molecule has 6 nitrogen and oxygen atoms in total. The van der Waals surface area contributed by atoms with Crippen LogP contribution in [0.4, 0.5) is 0 Å². The van der Waals surface area contributed by atoms with Gasteiger partial charge in [0.15, 0.2) is 6.61 Å². The van der Waals surface area contributed by atoms with Crippen LogP contribution in [-0.2, 0) is 22.6 Å². The Morgan fingerprint density at radius 2 is 2.03 bits per heavy atom. The number of carbonyl (C=O) groups is 2. The average molecular weight is 392 g/mol. The van der Waals surface area contributed by atoms with Gasteiger partial charge in [-0.25, -0.2) is 4.79 Å². The second-order valence-corrected chi connectivity index (χ2v) is 7.70. The summed E-state index contributed by atoms with van der Waals surface area (Å²) in [6.45, 7) is 4.41. The summed E-state index contributed by atoms with van der Waals surface area (Å²) in [4.78, 5) is 23.1. The molecule has 0 saturated carbocycles. The number of aryl methyl sites for hydroxylation is 2. The number of nitrogens with zero attached hydrogens (tertiary/aromatic N) is 1. The van der Waals surface area contributed by atoms with Gasteiger partial charge >= 0.3 is 5.97 Å². The van der Waals surface area contributed by atoms with E-state index in [0.29, 0.717) is 18.7 Å². The van der Waals surface area contributed by atoms with Crippen LogP contribution in [0.25, 0.3) is 10.9 Å². The molecular formula is C23H24N2O4. The van der Waals surface area contributed by atoms with Gasteiger partial charge in [0.2, 0.25) is 5.91 Å². The maximum atomic E-state index is 12.1. The van der Waals surface area contributed by atoms with Crippen LogP contribution in [0.1, 0.15) is 40.3 Å². The number of fused-ring (bicyclic) bond motifs is 3. The van der Waals surface area contributed by atoms with Crippen LogP contribution in [0.2, 0.25) is 0 Å². The summed E-state index contributed by atoms with van der Waals surface area (Å²) in [5.74, 6) is -1.31. The predicted octanol–water partition coefficient (Wildman–Crippen LogP) is 3.28. The van der Waals surface area contributed by atoms with E-state index in [1.165, 1.54) is 16.7 Å². The highest BCUT2D eigenvalue weighted by Crippen LogP contribution is 2.44. The second-order valence-electron chi connectivity index (χ2n) is 7.70. The molecule has 0 aliphatic heterocycles. The van der Waals surface area contributed by atoms with Crippen molar-refractivity contribution in [2.75, 3.05) is 6.61 Å². The lowest BCUT2D eigenvalue weighted by atomic mass is 9.99. The van der Waals surface area contributed by atoms with Crippen molar-refractivity contribution in [3.05, 3.63) is 64.3 Å². The number of benzene rings is 2. The molecule has 3 aromatic rings. The van der Waals surface area contributed by atoms with E-state index in [0.717, 1.165) is 28.6 Å². The van der Waals surface area contributed by atoms with Crippen LogP contribution in [0.3, 0.4) is 0 Å². The quantitative estimate of drug-likeness (QED) is 0.673. The molecule has 0 saturated heterocycles. The number of ether oxygens (including phenoxy) is 1. The molecule has 1 unspecified atom stereocenters. The minimum atomic E-state index is -1.04. The number of aliphatic carboxylic acids is 1. The Bertz CT molecular complexity index is 1130. The fourth-order valence-electron chi connectivity index (χ4n) is 4.44. The summed E-state index contributed by atoms with van der Waals surface area (Å²) in [6.07, 6.45) is 1.41. The van der Waals surface area contributed by atoms with E-state index in [1.54, 1.807) is 6.07 Å². The van der Waals surface area contributed by atoms with Crippen molar-refractivity contribution in [1.82, 2.24) is 4.57 Å². The normalized spacial score (nSPS) is 15.4. The fourth-order valence-corrected chi connectivity index (χ4v) is 4.44. The minimum absolute atomic E-state index is 0.359. The van der Waals surface area contributed by atoms with Gasteiger partial charge < -0.3 is 20.1 Å². The van der Waals surface area contributed by atoms with Gasteiger partial charge in [0.05, 0.1) is 11.4 Å². The van der Waals surface area contributed by atoms with Gasteiger partial charge in [0, 0.05) is 17.6 Å². The molecule has 1 aromatic heterocycles. The third kappa shape index (κ3) is 3.35. The first-order valence-electron chi connectivity index (χ1n) is 9.71. The first-order valence-corrected chi connectivity index (χ1v) is 9.71. The smallest absolute Gasteiger partial charge is 0.341 e. The maximum Gasteiger partial charge on any atom is 0.341 e. The van der Waals surface area contributed by atoms with Crippen molar-refractivity contribution in [2.45, 2.75) is 39.2 Å². The second kappa shape index (κ2) is 7.28. The van der Waals surface area contributed by atoms with Gasteiger partial charge in [-0.15, -0.1) is 0 Å². The summed E-state index contributed by atoms with van der Waals surface area (Å²) >= 11 is 0. The van der Waals surface area contributed by atoms with E-state index >= 15 is 0 Å². The zero-order chi connectivity index (χ0) is 20.7. The van der Waals surface area contributed by atoms with Gasteiger partial charge in [0.1, 0.15) is 5.75 Å². The van der Waals surface area contributed by atoms with E-state index in [-0.39, 0.29) is 11.8 Å². The number of amides is 1. The lowest BCUT2D eigenvalue weighted by Gasteiger charge is -2.13. The number of aromatic nitrogens is 1. The number of nitrogens with two attached hydrogens (primary N) is 1. The predicted molar refractivity (Wildman–Crippen MR) is 110 cm³/mol. The van der Waals surface area contributed by atoms with Gasteiger partial charge in [-0.2, -0.15) is 0 Å². The van der Waals surface area contributed by atoms with Crippen LogP contribution in [0.15, 0.2) is 36.4 Å². The molecule has 150 valence electrons. The molecule has 0 fully saturated rings. The third-order valence-electron chi connectivity index (χ3n) is 5.74. The van der Waals surface area contributed by atoms with E-state index in [9.17, 15) is 9.59 Å². The third-order valence-corrected chi connectivity index (χ3v) is 5.74. The van der Waals surface area contributed by atoms with Gasteiger partial charge in [0.25, 0.3) is 0 Å². The Morgan fingerprint density at radius 3 is 2.72 bits per heavy atom. The van der Waals surface area contributed by atoms with E-state index < -0.39 is 12.6 Å². The van der Waals surface area contributed by atoms with Gasteiger partial charge in [-0.1, -0.05) is 29.8 Å². The largest absolute Gasteiger partial charge is 0.481 e. The van der Waals surface area contributed by atoms with E-state index in [2.05, 4.69) is 36.6 Å². The molecule has 1 aliphatic rings. The molecule has 3 N–H and O–H groups in total. The lowest BCUT2D eigenvalue weighted by molar-refractivity contribution is -0.139. The molecule has 0 spiro atoms. The summed E-state index contributed by atoms with van der Waals surface area (Å²) in [7, 11) is 0. The molecule has 0 bridgehead atoms. The number of primary amides is 1.